The lowest BCUT2D eigenvalue weighted by Crippen LogP contribution is -2.41. The Morgan fingerprint density at radius 1 is 1.29 bits per heavy atom. The number of hydrogen-bond acceptors (Lipinski definition) is 5. The molecule has 1 fully saturated rings. The average molecular weight is 292 g/mol. The molecule has 0 spiro atoms. The van der Waals surface area contributed by atoms with Crippen LogP contribution < -0.4 is 15.5 Å². The highest BCUT2D eigenvalue weighted by atomic mass is 16.7. The Kier molecular flexibility index (Phi) is 3.99. The van der Waals surface area contributed by atoms with Crippen LogP contribution in [0.25, 0.3) is 0 Å². The van der Waals surface area contributed by atoms with Crippen LogP contribution in [-0.4, -0.2) is 36.3 Å². The first-order chi connectivity index (χ1) is 9.66. The van der Waals surface area contributed by atoms with Crippen molar-refractivity contribution >= 4 is 24.2 Å². The number of carbonyl (C=O) groups excluding carboxylic acids is 1. The number of ether oxygens (including phenoxy) is 1. The summed E-state index contributed by atoms with van der Waals surface area (Å²) in [6.45, 7) is 9.37. The van der Waals surface area contributed by atoms with Gasteiger partial charge in [0.25, 0.3) is 0 Å². The lowest BCUT2D eigenvalue weighted by molar-refractivity contribution is -0.114. The van der Waals surface area contributed by atoms with Gasteiger partial charge < -0.3 is 19.4 Å². The number of amides is 1. The van der Waals surface area contributed by atoms with Crippen LogP contribution in [0, 0.1) is 0 Å². The molecule has 6 nitrogen and oxygen atoms in total. The van der Waals surface area contributed by atoms with Crippen LogP contribution in [0.1, 0.15) is 34.6 Å². The van der Waals surface area contributed by atoms with Crippen LogP contribution in [0.15, 0.2) is 12.3 Å². The number of pyridine rings is 1. The molecule has 1 aliphatic rings. The molecular formula is C14H21BN2O4. The molecule has 1 amide bonds. The van der Waals surface area contributed by atoms with Gasteiger partial charge in [-0.05, 0) is 33.8 Å². The third-order valence-electron chi connectivity index (χ3n) is 3.90. The normalized spacial score (nSPS) is 19.4. The Bertz CT molecular complexity index is 544. The third kappa shape index (κ3) is 3.03. The highest BCUT2D eigenvalue weighted by Crippen LogP contribution is 2.36. The molecule has 1 aliphatic heterocycles. The topological polar surface area (TPSA) is 69.7 Å². The minimum absolute atomic E-state index is 0.193. The number of hydrogen-bond donors (Lipinski definition) is 1. The molecule has 0 atom stereocenters. The molecular weight excluding hydrogens is 271 g/mol. The second-order valence-electron chi connectivity index (χ2n) is 6.09. The number of carbonyl (C=O) groups is 1. The Hall–Kier alpha value is -1.60. The van der Waals surface area contributed by atoms with Crippen molar-refractivity contribution in [3.63, 3.8) is 0 Å². The van der Waals surface area contributed by atoms with E-state index < -0.39 is 18.3 Å². The van der Waals surface area contributed by atoms with Gasteiger partial charge in [0.1, 0.15) is 5.69 Å². The minimum atomic E-state index is -0.527. The number of rotatable bonds is 3. The molecule has 1 N–H and O–H groups in total. The maximum Gasteiger partial charge on any atom is 0.496 e. The van der Waals surface area contributed by atoms with Gasteiger partial charge in [0.2, 0.25) is 11.8 Å². The summed E-state index contributed by atoms with van der Waals surface area (Å²) in [6.07, 6.45) is 1.63. The number of anilines is 1. The lowest BCUT2D eigenvalue weighted by atomic mass is 9.80. The zero-order chi connectivity index (χ0) is 15.8. The van der Waals surface area contributed by atoms with E-state index in [0.717, 1.165) is 5.46 Å². The number of methoxy groups -OCH3 is 1. The first-order valence-corrected chi connectivity index (χ1v) is 6.83. The molecule has 0 aliphatic carbocycles. The summed E-state index contributed by atoms with van der Waals surface area (Å²) in [6, 6.07) is 1.76. The van der Waals surface area contributed by atoms with Crippen molar-refractivity contribution in [2.24, 2.45) is 0 Å². The monoisotopic (exact) mass is 292 g/mol. The van der Waals surface area contributed by atoms with Gasteiger partial charge in [-0.25, -0.2) is 4.98 Å². The van der Waals surface area contributed by atoms with E-state index in [1.54, 1.807) is 12.3 Å². The van der Waals surface area contributed by atoms with Gasteiger partial charge >= 0.3 is 7.12 Å². The molecule has 1 saturated heterocycles. The summed E-state index contributed by atoms with van der Waals surface area (Å²) >= 11 is 0. The van der Waals surface area contributed by atoms with E-state index in [9.17, 15) is 4.79 Å². The number of nitrogens with zero attached hydrogens (tertiary/aromatic N) is 1. The van der Waals surface area contributed by atoms with Crippen LogP contribution in [0.2, 0.25) is 0 Å². The summed E-state index contributed by atoms with van der Waals surface area (Å²) in [7, 11) is 0.975. The maximum atomic E-state index is 11.3. The van der Waals surface area contributed by atoms with Crippen LogP contribution >= 0.6 is 0 Å². The van der Waals surface area contributed by atoms with Crippen LogP contribution in [0.5, 0.6) is 5.88 Å². The van der Waals surface area contributed by atoms with E-state index >= 15 is 0 Å². The maximum absolute atomic E-state index is 11.3. The summed E-state index contributed by atoms with van der Waals surface area (Å²) < 4.78 is 17.1. The highest BCUT2D eigenvalue weighted by molar-refractivity contribution is 6.62. The smallest absolute Gasteiger partial charge is 0.480 e. The number of aromatic nitrogens is 1. The fourth-order valence-electron chi connectivity index (χ4n) is 2.02. The predicted molar refractivity (Wildman–Crippen MR) is 80.8 cm³/mol. The molecule has 0 radical (unpaired) electrons. The van der Waals surface area contributed by atoms with Crippen LogP contribution in [0.4, 0.5) is 5.69 Å². The summed E-state index contributed by atoms with van der Waals surface area (Å²) in [5.74, 6) is 0.159. The Labute approximate surface area is 125 Å². The first kappa shape index (κ1) is 15.8. The molecule has 21 heavy (non-hydrogen) atoms. The molecule has 0 saturated carbocycles. The molecule has 0 bridgehead atoms. The van der Waals surface area contributed by atoms with Crippen molar-refractivity contribution in [1.82, 2.24) is 4.98 Å². The predicted octanol–water partition coefficient (Wildman–Crippen LogP) is 1.35. The zero-order valence-electron chi connectivity index (χ0n) is 13.3. The van der Waals surface area contributed by atoms with Gasteiger partial charge in [-0.1, -0.05) is 0 Å². The average Bonchev–Trinajstić information content (AvgIpc) is 2.57. The van der Waals surface area contributed by atoms with E-state index in [4.69, 9.17) is 14.0 Å². The van der Waals surface area contributed by atoms with Crippen molar-refractivity contribution < 1.29 is 18.8 Å². The lowest BCUT2D eigenvalue weighted by Gasteiger charge is -2.32. The van der Waals surface area contributed by atoms with Crippen molar-refractivity contribution in [2.45, 2.75) is 45.8 Å². The second kappa shape index (κ2) is 5.31. The van der Waals surface area contributed by atoms with Crippen molar-refractivity contribution in [2.75, 3.05) is 12.4 Å². The molecule has 2 rings (SSSR count). The summed E-state index contributed by atoms with van der Waals surface area (Å²) in [5.41, 5.74) is 0.382. The van der Waals surface area contributed by atoms with Gasteiger partial charge in [-0.3, -0.25) is 4.79 Å². The van der Waals surface area contributed by atoms with Crippen molar-refractivity contribution in [3.05, 3.63) is 12.3 Å². The fraction of sp³-hybridized carbons (Fsp3) is 0.571. The first-order valence-electron chi connectivity index (χ1n) is 6.83. The Morgan fingerprint density at radius 2 is 1.86 bits per heavy atom. The minimum Gasteiger partial charge on any atom is -0.480 e. The molecule has 1 aromatic heterocycles. The summed E-state index contributed by atoms with van der Waals surface area (Å²) in [5, 5.41) is 2.69. The van der Waals surface area contributed by atoms with E-state index in [1.807, 2.05) is 27.7 Å². The summed E-state index contributed by atoms with van der Waals surface area (Å²) in [4.78, 5) is 15.5. The van der Waals surface area contributed by atoms with Gasteiger partial charge in [0.15, 0.2) is 0 Å². The van der Waals surface area contributed by atoms with Gasteiger partial charge in [-0.15, -0.1) is 0 Å². The zero-order valence-corrected chi connectivity index (χ0v) is 13.3. The SMILES string of the molecule is COc1ncc(B2OC(C)(C)C(C)(C)O2)cc1NC(C)=O. The Morgan fingerprint density at radius 3 is 2.33 bits per heavy atom. The molecule has 114 valence electrons. The van der Waals surface area contributed by atoms with Crippen molar-refractivity contribution in [1.29, 1.82) is 0 Å². The molecule has 0 aromatic carbocycles. The van der Waals surface area contributed by atoms with Gasteiger partial charge in [-0.2, -0.15) is 0 Å². The Balaban J connectivity index is 2.32. The molecule has 1 aromatic rings. The van der Waals surface area contributed by atoms with Crippen LogP contribution in [0.3, 0.4) is 0 Å². The fourth-order valence-corrected chi connectivity index (χ4v) is 2.02. The van der Waals surface area contributed by atoms with Gasteiger partial charge in [0, 0.05) is 18.6 Å². The largest absolute Gasteiger partial charge is 0.496 e. The van der Waals surface area contributed by atoms with E-state index in [1.165, 1.54) is 14.0 Å². The van der Waals surface area contributed by atoms with Crippen LogP contribution in [-0.2, 0) is 14.1 Å². The number of nitrogens with one attached hydrogen (secondary N) is 1. The van der Waals surface area contributed by atoms with E-state index in [-0.39, 0.29) is 5.91 Å². The second-order valence-corrected chi connectivity index (χ2v) is 6.09. The third-order valence-corrected chi connectivity index (χ3v) is 3.90. The molecule has 7 heteroatoms. The highest BCUT2D eigenvalue weighted by Gasteiger charge is 2.51. The molecule has 0 unspecified atom stereocenters. The molecule has 2 heterocycles. The standard InChI is InChI=1S/C14H21BN2O4/c1-9(18)17-11-7-10(8-16-12(11)19-6)15-20-13(2,3)14(4,5)21-15/h7-8H,1-6H3,(H,17,18). The van der Waals surface area contributed by atoms with Crippen molar-refractivity contribution in [3.8, 4) is 5.88 Å². The van der Waals surface area contributed by atoms with E-state index in [0.29, 0.717) is 11.6 Å². The van der Waals surface area contributed by atoms with Gasteiger partial charge in [0.05, 0.1) is 18.3 Å². The van der Waals surface area contributed by atoms with E-state index in [2.05, 4.69) is 10.3 Å². The quantitative estimate of drug-likeness (QED) is 0.852.